The van der Waals surface area contributed by atoms with Gasteiger partial charge in [-0.2, -0.15) is 5.26 Å². The predicted octanol–water partition coefficient (Wildman–Crippen LogP) is -0.0170. The zero-order valence-electron chi connectivity index (χ0n) is 9.90. The molecule has 1 saturated heterocycles. The lowest BCUT2D eigenvalue weighted by atomic mass is 10.1. The molecule has 1 heterocycles. The van der Waals surface area contributed by atoms with Crippen molar-refractivity contribution in [3.63, 3.8) is 0 Å². The van der Waals surface area contributed by atoms with Gasteiger partial charge in [-0.05, 0) is 5.92 Å². The minimum atomic E-state index is -0.329. The van der Waals surface area contributed by atoms with Gasteiger partial charge in [-0.15, -0.1) is 0 Å². The topological polar surface area (TPSA) is 65.4 Å². The molecule has 0 aromatic rings. The van der Waals surface area contributed by atoms with Gasteiger partial charge >= 0.3 is 0 Å². The normalized spacial score (nSPS) is 26.9. The van der Waals surface area contributed by atoms with Crippen molar-refractivity contribution < 1.29 is 9.53 Å². The first-order valence-electron chi connectivity index (χ1n) is 5.56. The molecule has 0 radical (unpaired) electrons. The molecule has 0 bridgehead atoms. The molecule has 2 unspecified atom stereocenters. The van der Waals surface area contributed by atoms with E-state index in [0.29, 0.717) is 25.6 Å². The van der Waals surface area contributed by atoms with E-state index in [2.05, 4.69) is 18.3 Å². The first-order chi connectivity index (χ1) is 7.69. The largest absolute Gasteiger partial charge is 0.383 e. The van der Waals surface area contributed by atoms with Crippen LogP contribution in [0.4, 0.5) is 0 Å². The summed E-state index contributed by atoms with van der Waals surface area (Å²) in [4.78, 5) is 13.8. The second kappa shape index (κ2) is 6.46. The van der Waals surface area contributed by atoms with Crippen LogP contribution in [0, 0.1) is 17.2 Å². The molecule has 1 aliphatic heterocycles. The lowest BCUT2D eigenvalue weighted by Gasteiger charge is -2.27. The number of carbonyl (C=O) groups is 1. The predicted molar refractivity (Wildman–Crippen MR) is 59.6 cm³/mol. The van der Waals surface area contributed by atoms with Gasteiger partial charge in [0.25, 0.3) is 0 Å². The number of nitrogens with zero attached hydrogens (tertiary/aromatic N) is 2. The second-order valence-electron chi connectivity index (χ2n) is 4.22. The minimum Gasteiger partial charge on any atom is -0.383 e. The van der Waals surface area contributed by atoms with E-state index in [0.717, 1.165) is 6.54 Å². The fourth-order valence-corrected chi connectivity index (χ4v) is 1.91. The van der Waals surface area contributed by atoms with Crippen LogP contribution in [0.2, 0.25) is 0 Å². The van der Waals surface area contributed by atoms with E-state index in [4.69, 9.17) is 10.00 Å². The Hall–Kier alpha value is -1.12. The Kier molecular flexibility index (Phi) is 5.23. The molecule has 0 aliphatic carbocycles. The zero-order valence-corrected chi connectivity index (χ0v) is 9.90. The summed E-state index contributed by atoms with van der Waals surface area (Å²) in [7, 11) is 1.64. The SMILES string of the molecule is COCCN1CC(C)CNC(=O)C1CC#N. The standard InChI is InChI=1S/C11H19N3O2/c1-9-7-13-11(15)10(3-4-12)14(8-9)5-6-16-2/h9-10H,3,5-8H2,1-2H3,(H,13,15). The summed E-state index contributed by atoms with van der Waals surface area (Å²) in [6.45, 7) is 4.88. The third kappa shape index (κ3) is 3.47. The van der Waals surface area contributed by atoms with Crippen LogP contribution in [0.3, 0.4) is 0 Å². The molecule has 90 valence electrons. The van der Waals surface area contributed by atoms with E-state index in [1.54, 1.807) is 7.11 Å². The van der Waals surface area contributed by atoms with Crippen LogP contribution in [-0.4, -0.2) is 50.2 Å². The van der Waals surface area contributed by atoms with Gasteiger partial charge in [0, 0.05) is 26.7 Å². The third-order valence-electron chi connectivity index (χ3n) is 2.78. The maximum atomic E-state index is 11.8. The smallest absolute Gasteiger partial charge is 0.238 e. The van der Waals surface area contributed by atoms with Crippen molar-refractivity contribution in [2.75, 3.05) is 33.4 Å². The van der Waals surface area contributed by atoms with E-state index in [1.807, 2.05) is 4.90 Å². The quantitative estimate of drug-likeness (QED) is 0.730. The fourth-order valence-electron chi connectivity index (χ4n) is 1.91. The molecule has 1 amide bonds. The third-order valence-corrected chi connectivity index (χ3v) is 2.78. The van der Waals surface area contributed by atoms with E-state index in [-0.39, 0.29) is 18.4 Å². The van der Waals surface area contributed by atoms with Crippen molar-refractivity contribution in [3.8, 4) is 6.07 Å². The summed E-state index contributed by atoms with van der Waals surface area (Å²) >= 11 is 0. The van der Waals surface area contributed by atoms with Crippen molar-refractivity contribution >= 4 is 5.91 Å². The van der Waals surface area contributed by atoms with E-state index in [1.165, 1.54) is 0 Å². The molecule has 5 heteroatoms. The molecule has 1 N–H and O–H groups in total. The van der Waals surface area contributed by atoms with Crippen LogP contribution in [0.25, 0.3) is 0 Å². The Bertz CT molecular complexity index is 275. The van der Waals surface area contributed by atoms with Gasteiger partial charge in [-0.1, -0.05) is 6.92 Å². The fraction of sp³-hybridized carbons (Fsp3) is 0.818. The molecular formula is C11H19N3O2. The van der Waals surface area contributed by atoms with Gasteiger partial charge in [0.05, 0.1) is 19.1 Å². The Morgan fingerprint density at radius 2 is 2.44 bits per heavy atom. The Balaban J connectivity index is 2.69. The molecule has 2 atom stereocenters. The zero-order chi connectivity index (χ0) is 12.0. The second-order valence-corrected chi connectivity index (χ2v) is 4.22. The number of methoxy groups -OCH3 is 1. The van der Waals surface area contributed by atoms with Crippen LogP contribution >= 0.6 is 0 Å². The Morgan fingerprint density at radius 3 is 3.06 bits per heavy atom. The highest BCUT2D eigenvalue weighted by Gasteiger charge is 2.29. The van der Waals surface area contributed by atoms with E-state index < -0.39 is 0 Å². The number of ether oxygens (including phenoxy) is 1. The summed E-state index contributed by atoms with van der Waals surface area (Å²) in [6.07, 6.45) is 0.238. The summed E-state index contributed by atoms with van der Waals surface area (Å²) in [5.74, 6) is 0.367. The van der Waals surface area contributed by atoms with Gasteiger partial charge in [0.2, 0.25) is 5.91 Å². The van der Waals surface area contributed by atoms with Crippen molar-refractivity contribution in [1.82, 2.24) is 10.2 Å². The molecule has 0 aromatic heterocycles. The van der Waals surface area contributed by atoms with Gasteiger partial charge in [-0.3, -0.25) is 9.69 Å². The van der Waals surface area contributed by atoms with Gasteiger partial charge in [-0.25, -0.2) is 0 Å². The van der Waals surface area contributed by atoms with Crippen LogP contribution in [0.1, 0.15) is 13.3 Å². The first-order valence-corrected chi connectivity index (χ1v) is 5.56. The number of nitriles is 1. The van der Waals surface area contributed by atoms with Gasteiger partial charge < -0.3 is 10.1 Å². The summed E-state index contributed by atoms with van der Waals surface area (Å²) in [5.41, 5.74) is 0. The first kappa shape index (κ1) is 12.9. The average Bonchev–Trinajstić information content (AvgIpc) is 2.40. The van der Waals surface area contributed by atoms with E-state index >= 15 is 0 Å². The average molecular weight is 225 g/mol. The maximum Gasteiger partial charge on any atom is 0.238 e. The lowest BCUT2D eigenvalue weighted by molar-refractivity contribution is -0.125. The number of nitrogens with one attached hydrogen (secondary N) is 1. The maximum absolute atomic E-state index is 11.8. The van der Waals surface area contributed by atoms with Crippen LogP contribution < -0.4 is 5.32 Å². The molecule has 0 saturated carbocycles. The summed E-state index contributed by atoms with van der Waals surface area (Å²) in [6, 6.07) is 1.74. The molecule has 1 fully saturated rings. The van der Waals surface area contributed by atoms with Crippen molar-refractivity contribution in [2.24, 2.45) is 5.92 Å². The van der Waals surface area contributed by atoms with Crippen LogP contribution in [0.5, 0.6) is 0 Å². The molecular weight excluding hydrogens is 206 g/mol. The molecule has 0 spiro atoms. The number of hydrogen-bond acceptors (Lipinski definition) is 4. The molecule has 1 aliphatic rings. The van der Waals surface area contributed by atoms with E-state index in [9.17, 15) is 4.79 Å². The van der Waals surface area contributed by atoms with Crippen LogP contribution in [0.15, 0.2) is 0 Å². The Morgan fingerprint density at radius 1 is 1.69 bits per heavy atom. The highest BCUT2D eigenvalue weighted by molar-refractivity contribution is 5.82. The number of hydrogen-bond donors (Lipinski definition) is 1. The minimum absolute atomic E-state index is 0.0398. The highest BCUT2D eigenvalue weighted by atomic mass is 16.5. The number of amides is 1. The molecule has 5 nitrogen and oxygen atoms in total. The number of carbonyl (C=O) groups excluding carboxylic acids is 1. The summed E-state index contributed by atoms with van der Waals surface area (Å²) in [5, 5.41) is 11.6. The Labute approximate surface area is 96.4 Å². The van der Waals surface area contributed by atoms with Gasteiger partial charge in [0.15, 0.2) is 0 Å². The lowest BCUT2D eigenvalue weighted by Crippen LogP contribution is -2.45. The molecule has 16 heavy (non-hydrogen) atoms. The molecule has 0 aromatic carbocycles. The summed E-state index contributed by atoms with van der Waals surface area (Å²) < 4.78 is 5.03. The number of rotatable bonds is 4. The monoisotopic (exact) mass is 225 g/mol. The van der Waals surface area contributed by atoms with Gasteiger partial charge in [0.1, 0.15) is 6.04 Å². The van der Waals surface area contributed by atoms with Crippen LogP contribution in [-0.2, 0) is 9.53 Å². The highest BCUT2D eigenvalue weighted by Crippen LogP contribution is 2.11. The van der Waals surface area contributed by atoms with Crippen molar-refractivity contribution in [3.05, 3.63) is 0 Å². The molecule has 1 rings (SSSR count). The van der Waals surface area contributed by atoms with Crippen molar-refractivity contribution in [2.45, 2.75) is 19.4 Å². The van der Waals surface area contributed by atoms with Crippen molar-refractivity contribution in [1.29, 1.82) is 5.26 Å².